The molecule has 0 spiro atoms. The third kappa shape index (κ3) is 3.64. The summed E-state index contributed by atoms with van der Waals surface area (Å²) in [5.41, 5.74) is 3.40. The minimum atomic E-state index is -2.99. The van der Waals surface area contributed by atoms with Crippen molar-refractivity contribution < 1.29 is 18.3 Å². The molecule has 0 bridgehead atoms. The number of amides is 1. The molecular weight excluding hydrogens is 432 g/mol. The van der Waals surface area contributed by atoms with Crippen molar-refractivity contribution in [2.45, 2.75) is 57.7 Å². The van der Waals surface area contributed by atoms with E-state index in [0.717, 1.165) is 35.3 Å². The molecule has 0 radical (unpaired) electrons. The van der Waals surface area contributed by atoms with Crippen LogP contribution < -0.4 is 4.90 Å². The topological polar surface area (TPSA) is 123 Å². The van der Waals surface area contributed by atoms with Gasteiger partial charge in [0, 0.05) is 24.1 Å². The van der Waals surface area contributed by atoms with Gasteiger partial charge in [-0.1, -0.05) is 0 Å². The van der Waals surface area contributed by atoms with Crippen LogP contribution in [-0.4, -0.2) is 61.7 Å². The Bertz CT molecular complexity index is 1250. The van der Waals surface area contributed by atoms with Crippen molar-refractivity contribution in [2.75, 3.05) is 16.4 Å². The maximum absolute atomic E-state index is 12.0. The summed E-state index contributed by atoms with van der Waals surface area (Å²) < 4.78 is 26.2. The first-order valence-electron chi connectivity index (χ1n) is 10.9. The number of fused-ring (bicyclic) bond motifs is 3. The summed E-state index contributed by atoms with van der Waals surface area (Å²) in [6.45, 7) is 2.48. The molecule has 0 unspecified atom stereocenters. The number of nitrogens with zero attached hydrogens (tertiary/aromatic N) is 6. The van der Waals surface area contributed by atoms with Gasteiger partial charge in [-0.2, -0.15) is 15.0 Å². The van der Waals surface area contributed by atoms with Crippen LogP contribution in [0.2, 0.25) is 0 Å². The van der Waals surface area contributed by atoms with E-state index in [1.54, 1.807) is 17.2 Å². The summed E-state index contributed by atoms with van der Waals surface area (Å²) in [6.07, 6.45) is 5.50. The molecule has 1 amide bonds. The number of anilines is 1. The van der Waals surface area contributed by atoms with E-state index in [1.807, 2.05) is 19.1 Å². The fraction of sp³-hybridized carbons (Fsp3) is 0.524. The Hall–Kier alpha value is -2.95. The highest BCUT2D eigenvalue weighted by atomic mass is 32.2. The highest BCUT2D eigenvalue weighted by Crippen LogP contribution is 2.38. The Kier molecular flexibility index (Phi) is 5.15. The third-order valence-electron chi connectivity index (χ3n) is 6.63. The number of aryl methyl sites for hydroxylation is 3. The first kappa shape index (κ1) is 20.9. The van der Waals surface area contributed by atoms with Crippen molar-refractivity contribution >= 4 is 32.7 Å². The van der Waals surface area contributed by atoms with E-state index >= 15 is 0 Å². The number of aromatic nitrogens is 5. The lowest BCUT2D eigenvalue weighted by Crippen LogP contribution is -2.41. The fourth-order valence-corrected chi connectivity index (χ4v) is 6.48. The van der Waals surface area contributed by atoms with Crippen LogP contribution in [0.25, 0.3) is 11.0 Å². The number of sulfone groups is 1. The summed E-state index contributed by atoms with van der Waals surface area (Å²) in [5, 5.41) is 18.1. The summed E-state index contributed by atoms with van der Waals surface area (Å²) in [4.78, 5) is 19.9. The molecule has 0 aliphatic carbocycles. The second kappa shape index (κ2) is 7.88. The van der Waals surface area contributed by atoms with Crippen LogP contribution in [0.1, 0.15) is 43.6 Å². The van der Waals surface area contributed by atoms with Crippen LogP contribution in [0.5, 0.6) is 0 Å². The molecule has 1 saturated heterocycles. The number of hydrogen-bond acceptors (Lipinski definition) is 6. The lowest BCUT2D eigenvalue weighted by atomic mass is 9.95. The van der Waals surface area contributed by atoms with E-state index < -0.39 is 15.9 Å². The second-order valence-corrected chi connectivity index (χ2v) is 10.9. The largest absolute Gasteiger partial charge is 0.465 e. The van der Waals surface area contributed by atoms with Gasteiger partial charge < -0.3 is 9.67 Å². The van der Waals surface area contributed by atoms with Crippen molar-refractivity contribution in [3.05, 3.63) is 35.9 Å². The summed E-state index contributed by atoms with van der Waals surface area (Å²) >= 11 is 0. The molecule has 5 rings (SSSR count). The number of imidazole rings is 1. The molecule has 1 N–H and O–H groups in total. The molecule has 170 valence electrons. The standard InChI is InChI=1S/C21H26N6O4S/c1-14-2-3-16-17(26(14)21(28)29)4-5-18-20(16)24-19(6-11-25-22-9-10-23-25)27(18)15-7-12-32(30,31)13-8-15/h4-5,9-10,14-15H,2-3,6-8,11-13H2,1H3,(H,28,29)/t14-/m0/s1. The van der Waals surface area contributed by atoms with Crippen molar-refractivity contribution in [1.29, 1.82) is 0 Å². The second-order valence-electron chi connectivity index (χ2n) is 8.63. The van der Waals surface area contributed by atoms with Crippen LogP contribution in [0.3, 0.4) is 0 Å². The average Bonchev–Trinajstić information content (AvgIpc) is 3.39. The lowest BCUT2D eigenvalue weighted by molar-refractivity contribution is 0.198. The van der Waals surface area contributed by atoms with E-state index in [9.17, 15) is 18.3 Å². The Morgan fingerprint density at radius 1 is 1.16 bits per heavy atom. The van der Waals surface area contributed by atoms with Crippen molar-refractivity contribution in [3.63, 3.8) is 0 Å². The van der Waals surface area contributed by atoms with Crippen LogP contribution in [0.15, 0.2) is 24.5 Å². The molecule has 1 aromatic carbocycles. The lowest BCUT2D eigenvalue weighted by Gasteiger charge is -2.33. The Labute approximate surface area is 185 Å². The molecule has 10 nitrogen and oxygen atoms in total. The van der Waals surface area contributed by atoms with Crippen molar-refractivity contribution in [2.24, 2.45) is 0 Å². The Morgan fingerprint density at radius 2 is 1.88 bits per heavy atom. The van der Waals surface area contributed by atoms with Gasteiger partial charge in [0.05, 0.1) is 47.2 Å². The van der Waals surface area contributed by atoms with Crippen LogP contribution in [-0.2, 0) is 29.2 Å². The summed E-state index contributed by atoms with van der Waals surface area (Å²) in [5.74, 6) is 1.20. The zero-order chi connectivity index (χ0) is 22.5. The van der Waals surface area contributed by atoms with Gasteiger partial charge in [-0.25, -0.2) is 18.2 Å². The maximum atomic E-state index is 12.0. The SMILES string of the molecule is C[C@H]1CCc2c(ccc3c2nc(CCn2nccn2)n3C2CCS(=O)(=O)CC2)N1C(=O)O. The molecule has 3 aromatic rings. The number of carbonyl (C=O) groups is 1. The van der Waals surface area contributed by atoms with Gasteiger partial charge >= 0.3 is 6.09 Å². The van der Waals surface area contributed by atoms with Gasteiger partial charge in [0.25, 0.3) is 0 Å². The van der Waals surface area contributed by atoms with E-state index in [1.165, 1.54) is 4.90 Å². The zero-order valence-electron chi connectivity index (χ0n) is 17.9. The zero-order valence-corrected chi connectivity index (χ0v) is 18.7. The van der Waals surface area contributed by atoms with Gasteiger partial charge in [-0.15, -0.1) is 0 Å². The number of rotatable bonds is 4. The molecule has 0 saturated carbocycles. The number of benzene rings is 1. The van der Waals surface area contributed by atoms with Crippen LogP contribution >= 0.6 is 0 Å². The molecule has 32 heavy (non-hydrogen) atoms. The predicted octanol–water partition coefficient (Wildman–Crippen LogP) is 2.44. The summed E-state index contributed by atoms with van der Waals surface area (Å²) in [6, 6.07) is 3.76. The normalized spacial score (nSPS) is 21.0. The average molecular weight is 459 g/mol. The molecule has 2 aliphatic rings. The first-order valence-corrected chi connectivity index (χ1v) is 12.8. The minimum Gasteiger partial charge on any atom is -0.465 e. The van der Waals surface area contributed by atoms with E-state index in [4.69, 9.17) is 4.98 Å². The first-order chi connectivity index (χ1) is 15.3. The Morgan fingerprint density at radius 3 is 2.56 bits per heavy atom. The molecular formula is C21H26N6O4S. The number of hydrogen-bond donors (Lipinski definition) is 1. The quantitative estimate of drug-likeness (QED) is 0.637. The van der Waals surface area contributed by atoms with Gasteiger partial charge in [-0.3, -0.25) is 4.90 Å². The molecule has 2 aliphatic heterocycles. The smallest absolute Gasteiger partial charge is 0.412 e. The van der Waals surface area contributed by atoms with E-state index in [-0.39, 0.29) is 23.6 Å². The molecule has 11 heteroatoms. The van der Waals surface area contributed by atoms with Gasteiger partial charge in [0.15, 0.2) is 0 Å². The third-order valence-corrected chi connectivity index (χ3v) is 8.34. The molecule has 4 heterocycles. The maximum Gasteiger partial charge on any atom is 0.412 e. The van der Waals surface area contributed by atoms with Crippen LogP contribution in [0, 0.1) is 0 Å². The van der Waals surface area contributed by atoms with Gasteiger partial charge in [0.1, 0.15) is 15.7 Å². The highest BCUT2D eigenvalue weighted by Gasteiger charge is 2.32. The minimum absolute atomic E-state index is 0.0419. The van der Waals surface area contributed by atoms with E-state index in [2.05, 4.69) is 14.8 Å². The van der Waals surface area contributed by atoms with E-state index in [0.29, 0.717) is 31.5 Å². The summed E-state index contributed by atoms with van der Waals surface area (Å²) in [7, 11) is -2.99. The monoisotopic (exact) mass is 458 g/mol. The molecule has 2 aromatic heterocycles. The van der Waals surface area contributed by atoms with Gasteiger partial charge in [-0.05, 0) is 44.7 Å². The predicted molar refractivity (Wildman–Crippen MR) is 119 cm³/mol. The molecule has 1 fully saturated rings. The Balaban J connectivity index is 1.60. The van der Waals surface area contributed by atoms with Crippen molar-refractivity contribution in [1.82, 2.24) is 24.5 Å². The van der Waals surface area contributed by atoms with Crippen molar-refractivity contribution in [3.8, 4) is 0 Å². The van der Waals surface area contributed by atoms with Crippen LogP contribution in [0.4, 0.5) is 10.5 Å². The molecule has 1 atom stereocenters. The number of carboxylic acid groups (broad SMARTS) is 1. The fourth-order valence-electron chi connectivity index (χ4n) is 5.02. The van der Waals surface area contributed by atoms with Gasteiger partial charge in [0.2, 0.25) is 0 Å². The highest BCUT2D eigenvalue weighted by molar-refractivity contribution is 7.91.